The van der Waals surface area contributed by atoms with Gasteiger partial charge < -0.3 is 24.6 Å². The van der Waals surface area contributed by atoms with Crippen LogP contribution in [0.3, 0.4) is 0 Å². The Hall–Kier alpha value is -2.33. The molecule has 3 unspecified atom stereocenters. The minimum absolute atomic E-state index is 0.105. The first-order chi connectivity index (χ1) is 26.7. The van der Waals surface area contributed by atoms with Crippen LogP contribution >= 0.6 is 7.82 Å². The lowest BCUT2D eigenvalue weighted by molar-refractivity contribution is -0.161. The summed E-state index contributed by atoms with van der Waals surface area (Å²) in [5.74, 6) is -0.993. The lowest BCUT2D eigenvalue weighted by Gasteiger charge is -2.20. The monoisotopic (exact) mass is 797 g/mol. The molecule has 0 spiro atoms. The molecule has 0 amide bonds. The number of phosphoric acid groups is 1. The summed E-state index contributed by atoms with van der Waals surface area (Å²) in [6, 6.07) is 0. The first-order valence-electron chi connectivity index (χ1n) is 21.2. The van der Waals surface area contributed by atoms with E-state index in [-0.39, 0.29) is 19.4 Å². The zero-order valence-corrected chi connectivity index (χ0v) is 35.3. The van der Waals surface area contributed by atoms with E-state index in [1.807, 2.05) is 12.2 Å². The number of hydrogen-bond donors (Lipinski definition) is 3. The lowest BCUT2D eigenvalue weighted by atomic mass is 10.0. The van der Waals surface area contributed by atoms with Gasteiger partial charge in [0, 0.05) is 12.8 Å². The molecule has 0 radical (unpaired) electrons. The Balaban J connectivity index is 4.41. The summed E-state index contributed by atoms with van der Waals surface area (Å²) in [7, 11) is -4.63. The summed E-state index contributed by atoms with van der Waals surface area (Å²) in [6.45, 7) is 2.20. The first-order valence-corrected chi connectivity index (χ1v) is 22.7. The molecule has 0 aliphatic carbocycles. The number of esters is 2. The summed E-state index contributed by atoms with van der Waals surface area (Å²) in [5, 5.41) is 18.3. The molecule has 55 heavy (non-hydrogen) atoms. The number of carbonyl (C=O) groups excluding carboxylic acids is 2. The van der Waals surface area contributed by atoms with E-state index in [9.17, 15) is 24.2 Å². The highest BCUT2D eigenvalue weighted by molar-refractivity contribution is 7.47. The molecule has 0 fully saturated rings. The summed E-state index contributed by atoms with van der Waals surface area (Å²) >= 11 is 0. The van der Waals surface area contributed by atoms with E-state index >= 15 is 0 Å². The second-order valence-electron chi connectivity index (χ2n) is 14.0. The fraction of sp³-hybridized carbons (Fsp3) is 0.727. The van der Waals surface area contributed by atoms with Crippen LogP contribution in [0.25, 0.3) is 0 Å². The van der Waals surface area contributed by atoms with E-state index in [1.54, 1.807) is 0 Å². The van der Waals surface area contributed by atoms with Gasteiger partial charge in [-0.05, 0) is 51.4 Å². The number of aliphatic hydroxyl groups excluding tert-OH is 2. The third kappa shape index (κ3) is 39.7. The molecule has 0 heterocycles. The van der Waals surface area contributed by atoms with E-state index < -0.39 is 51.8 Å². The molecule has 0 rings (SSSR count). The standard InChI is InChI=1S/C44H77O10P/c1-3-5-7-9-11-13-15-17-19-20-22-24-26-28-30-32-34-36-44(48)54-42(40-53-55(49,50)52-38-41(46)37-45)39-51-43(47)35-33-31-29-27-25-23-21-18-16-14-12-10-8-6-4-2/h5,7,11,13,17,19,22,24,28,30,41-42,45-46H,3-4,6,8-10,12,14-16,18,20-21,23,25-27,29,31-40H2,1-2H3,(H,49,50)/b7-5-,13-11-,19-17-,24-22-,30-28-. The van der Waals surface area contributed by atoms with Gasteiger partial charge in [-0.15, -0.1) is 0 Å². The van der Waals surface area contributed by atoms with Crippen LogP contribution in [0, 0.1) is 0 Å². The van der Waals surface area contributed by atoms with Crippen LogP contribution in [-0.2, 0) is 32.7 Å². The number of phosphoric ester groups is 1. The van der Waals surface area contributed by atoms with Crippen molar-refractivity contribution >= 4 is 19.8 Å². The fourth-order valence-corrected chi connectivity index (χ4v) is 6.23. The van der Waals surface area contributed by atoms with Crippen LogP contribution in [-0.4, -0.2) is 65.7 Å². The van der Waals surface area contributed by atoms with Gasteiger partial charge >= 0.3 is 19.8 Å². The van der Waals surface area contributed by atoms with E-state index in [2.05, 4.69) is 67.0 Å². The van der Waals surface area contributed by atoms with Crippen molar-refractivity contribution in [3.8, 4) is 0 Å². The molecular formula is C44H77O10P. The third-order valence-electron chi connectivity index (χ3n) is 8.69. The number of rotatable bonds is 39. The van der Waals surface area contributed by atoms with Gasteiger partial charge in [-0.25, -0.2) is 4.57 Å². The van der Waals surface area contributed by atoms with Crippen LogP contribution < -0.4 is 0 Å². The van der Waals surface area contributed by atoms with Crippen LogP contribution in [0.1, 0.15) is 168 Å². The van der Waals surface area contributed by atoms with Gasteiger partial charge in [-0.1, -0.05) is 164 Å². The largest absolute Gasteiger partial charge is 0.472 e. The van der Waals surface area contributed by atoms with E-state index in [4.69, 9.17) is 19.1 Å². The Morgan fingerprint density at radius 2 is 1.00 bits per heavy atom. The number of unbranched alkanes of at least 4 members (excludes halogenated alkanes) is 15. The zero-order valence-electron chi connectivity index (χ0n) is 34.4. The molecule has 0 bridgehead atoms. The molecule has 3 N–H and O–H groups in total. The quantitative estimate of drug-likeness (QED) is 0.0237. The van der Waals surface area contributed by atoms with Crippen molar-refractivity contribution in [2.24, 2.45) is 0 Å². The number of allylic oxidation sites excluding steroid dienone is 10. The molecule has 11 heteroatoms. The van der Waals surface area contributed by atoms with Gasteiger partial charge in [-0.2, -0.15) is 0 Å². The Labute approximate surface area is 334 Å². The maximum Gasteiger partial charge on any atom is 0.472 e. The molecule has 0 aliphatic rings. The highest BCUT2D eigenvalue weighted by atomic mass is 31.2. The van der Waals surface area contributed by atoms with Crippen molar-refractivity contribution in [1.82, 2.24) is 0 Å². The summed E-state index contributed by atoms with van der Waals surface area (Å²) in [4.78, 5) is 34.9. The zero-order chi connectivity index (χ0) is 40.5. The van der Waals surface area contributed by atoms with E-state index in [0.717, 1.165) is 51.4 Å². The minimum Gasteiger partial charge on any atom is -0.462 e. The number of aliphatic hydroxyl groups is 2. The summed E-state index contributed by atoms with van der Waals surface area (Å²) < 4.78 is 32.6. The molecule has 0 aromatic heterocycles. The molecule has 3 atom stereocenters. The molecule has 0 saturated carbocycles. The molecule has 0 aromatic carbocycles. The van der Waals surface area contributed by atoms with Crippen molar-refractivity contribution in [3.63, 3.8) is 0 Å². The normalized spacial score (nSPS) is 14.5. The number of ether oxygens (including phenoxy) is 2. The van der Waals surface area contributed by atoms with Crippen molar-refractivity contribution in [1.29, 1.82) is 0 Å². The predicted molar refractivity (Wildman–Crippen MR) is 224 cm³/mol. The highest BCUT2D eigenvalue weighted by Gasteiger charge is 2.27. The smallest absolute Gasteiger partial charge is 0.462 e. The Morgan fingerprint density at radius 1 is 0.564 bits per heavy atom. The summed E-state index contributed by atoms with van der Waals surface area (Å²) in [6.07, 6.45) is 43.4. The fourth-order valence-electron chi connectivity index (χ4n) is 5.44. The molecule has 10 nitrogen and oxygen atoms in total. The third-order valence-corrected chi connectivity index (χ3v) is 9.64. The van der Waals surface area contributed by atoms with Crippen LogP contribution in [0.15, 0.2) is 60.8 Å². The molecule has 0 aromatic rings. The van der Waals surface area contributed by atoms with Gasteiger partial charge in [0.05, 0.1) is 19.8 Å². The van der Waals surface area contributed by atoms with Gasteiger partial charge in [0.25, 0.3) is 0 Å². The molecular weight excluding hydrogens is 719 g/mol. The lowest BCUT2D eigenvalue weighted by Crippen LogP contribution is -2.29. The average Bonchev–Trinajstić information content (AvgIpc) is 3.17. The molecule has 0 saturated heterocycles. The second-order valence-corrected chi connectivity index (χ2v) is 15.4. The van der Waals surface area contributed by atoms with Crippen molar-refractivity contribution in [3.05, 3.63) is 60.8 Å². The van der Waals surface area contributed by atoms with Crippen LogP contribution in [0.4, 0.5) is 0 Å². The van der Waals surface area contributed by atoms with E-state index in [0.29, 0.717) is 19.3 Å². The molecule has 0 aliphatic heterocycles. The number of hydrogen-bond acceptors (Lipinski definition) is 9. The Morgan fingerprint density at radius 3 is 1.49 bits per heavy atom. The van der Waals surface area contributed by atoms with Gasteiger partial charge in [0.1, 0.15) is 12.7 Å². The maximum absolute atomic E-state index is 12.6. The summed E-state index contributed by atoms with van der Waals surface area (Å²) in [5.41, 5.74) is 0. The molecule has 318 valence electrons. The Bertz CT molecular complexity index is 1100. The number of carbonyl (C=O) groups is 2. The van der Waals surface area contributed by atoms with Crippen LogP contribution in [0.5, 0.6) is 0 Å². The SMILES string of the molecule is CC/C=C\C/C=C\C/C=C\C/C=C\C/C=C\CCCC(=O)OC(COC(=O)CCCCCCCCCCCCCCCCC)COP(=O)(O)OCC(O)CO. The van der Waals surface area contributed by atoms with Gasteiger partial charge in [0.15, 0.2) is 6.10 Å². The van der Waals surface area contributed by atoms with Crippen molar-refractivity contribution < 1.29 is 47.8 Å². The highest BCUT2D eigenvalue weighted by Crippen LogP contribution is 2.43. The van der Waals surface area contributed by atoms with Crippen LogP contribution in [0.2, 0.25) is 0 Å². The maximum atomic E-state index is 12.6. The second kappa shape index (κ2) is 39.9. The van der Waals surface area contributed by atoms with E-state index in [1.165, 1.54) is 70.6 Å². The predicted octanol–water partition coefficient (Wildman–Crippen LogP) is 11.1. The first kappa shape index (κ1) is 52.7. The van der Waals surface area contributed by atoms with Gasteiger partial charge in [0.2, 0.25) is 0 Å². The van der Waals surface area contributed by atoms with Crippen molar-refractivity contribution in [2.45, 2.75) is 180 Å². The van der Waals surface area contributed by atoms with Crippen molar-refractivity contribution in [2.75, 3.05) is 26.4 Å². The average molecular weight is 797 g/mol. The Kier molecular flexibility index (Phi) is 38.2. The minimum atomic E-state index is -4.63. The topological polar surface area (TPSA) is 149 Å². The van der Waals surface area contributed by atoms with Gasteiger partial charge in [-0.3, -0.25) is 18.6 Å².